The second kappa shape index (κ2) is 26.5. The number of carbonyl (C=O) groups excluding carboxylic acids is 3. The van der Waals surface area contributed by atoms with Gasteiger partial charge in [-0.3, -0.25) is 19.4 Å². The van der Waals surface area contributed by atoms with Gasteiger partial charge in [0.05, 0.1) is 23.9 Å². The zero-order chi connectivity index (χ0) is 54.2. The van der Waals surface area contributed by atoms with Gasteiger partial charge in [0.15, 0.2) is 43.2 Å². The number of rotatable bonds is 25. The SMILES string of the molecule is C[C@]12C=CC(=O)C=C1CC[C@@H]1[C@@H]2[C@@H](O)C[C@@]2(C)[C@H]1C[C@H]1O[C@@H](C3CCCCC3)O[C@]12C(=O)COC(=O)/C=C/c1ccc[n+](Cc2cc(C(O)CNCCCCCCOCCCCc3ccccc3)ccc2OP(=O)(O)O)c1.[Cl-]. The number of ketones is 2. The first-order valence-electron chi connectivity index (χ1n) is 28.3. The molecule has 78 heavy (non-hydrogen) atoms. The molecule has 15 nitrogen and oxygen atoms in total. The fourth-order valence-corrected chi connectivity index (χ4v) is 14.6. The quantitative estimate of drug-likeness (QED) is 0.0224. The molecule has 424 valence electrons. The van der Waals surface area contributed by atoms with Gasteiger partial charge in [-0.15, -0.1) is 0 Å². The van der Waals surface area contributed by atoms with Gasteiger partial charge in [0.25, 0.3) is 0 Å². The van der Waals surface area contributed by atoms with Gasteiger partial charge >= 0.3 is 13.8 Å². The Morgan fingerprint density at radius 3 is 2.51 bits per heavy atom. The minimum Gasteiger partial charge on any atom is -1.00 e. The van der Waals surface area contributed by atoms with E-state index in [0.29, 0.717) is 29.5 Å². The monoisotopic (exact) mass is 1110 g/mol. The maximum Gasteiger partial charge on any atom is 0.524 e. The first-order valence-corrected chi connectivity index (χ1v) is 29.8. The van der Waals surface area contributed by atoms with Crippen LogP contribution >= 0.6 is 7.82 Å². The number of unbranched alkanes of at least 4 members (excludes halogenated alkanes) is 4. The summed E-state index contributed by atoms with van der Waals surface area (Å²) in [7, 11) is -4.93. The van der Waals surface area contributed by atoms with Crippen molar-refractivity contribution in [2.45, 2.75) is 153 Å². The summed E-state index contributed by atoms with van der Waals surface area (Å²) in [6, 6.07) is 18.7. The molecule has 1 unspecified atom stereocenters. The van der Waals surface area contributed by atoms with E-state index in [9.17, 15) is 38.9 Å². The van der Waals surface area contributed by atoms with Crippen molar-refractivity contribution in [3.05, 3.63) is 125 Å². The Morgan fingerprint density at radius 1 is 0.962 bits per heavy atom. The van der Waals surface area contributed by atoms with E-state index in [1.165, 1.54) is 17.7 Å². The van der Waals surface area contributed by atoms with Gasteiger partial charge in [-0.25, -0.2) is 13.9 Å². The summed E-state index contributed by atoms with van der Waals surface area (Å²) in [6.45, 7) is 6.31. The van der Waals surface area contributed by atoms with Crippen molar-refractivity contribution in [1.82, 2.24) is 5.32 Å². The van der Waals surface area contributed by atoms with Gasteiger partial charge in [0.1, 0.15) is 5.75 Å². The lowest BCUT2D eigenvalue weighted by Gasteiger charge is -2.59. The third-order valence-corrected chi connectivity index (χ3v) is 18.4. The minimum absolute atomic E-state index is 0. The van der Waals surface area contributed by atoms with E-state index in [-0.39, 0.29) is 66.5 Å². The van der Waals surface area contributed by atoms with Gasteiger partial charge in [-0.1, -0.05) is 94.0 Å². The number of aliphatic hydroxyl groups is 2. The van der Waals surface area contributed by atoms with E-state index in [2.05, 4.69) is 43.4 Å². The Balaban J connectivity index is 0.00000803. The van der Waals surface area contributed by atoms with Crippen LogP contribution in [0.5, 0.6) is 5.75 Å². The van der Waals surface area contributed by atoms with Crippen molar-refractivity contribution >= 4 is 31.4 Å². The van der Waals surface area contributed by atoms with Crippen LogP contribution in [0, 0.1) is 34.5 Å². The fourth-order valence-electron chi connectivity index (χ4n) is 14.2. The number of aliphatic hydroxyl groups excluding tert-OH is 2. The zero-order valence-electron chi connectivity index (χ0n) is 45.2. The number of fused-ring (bicyclic) bond motifs is 7. The highest BCUT2D eigenvalue weighted by molar-refractivity contribution is 7.46. The van der Waals surface area contributed by atoms with E-state index in [1.54, 1.807) is 59.5 Å². The van der Waals surface area contributed by atoms with Crippen molar-refractivity contribution in [2.75, 3.05) is 32.9 Å². The van der Waals surface area contributed by atoms with Crippen LogP contribution in [0.3, 0.4) is 0 Å². The van der Waals surface area contributed by atoms with Crippen LogP contribution < -0.4 is 26.8 Å². The van der Waals surface area contributed by atoms with E-state index >= 15 is 0 Å². The molecule has 6 aliphatic rings. The fraction of sp³-hybridized carbons (Fsp3) is 0.574. The number of phosphoric acid groups is 1. The highest BCUT2D eigenvalue weighted by Crippen LogP contribution is 2.70. The Kier molecular flexibility index (Phi) is 20.3. The van der Waals surface area contributed by atoms with Gasteiger partial charge in [0, 0.05) is 60.1 Å². The smallest absolute Gasteiger partial charge is 0.524 e. The number of pyridine rings is 1. The molecule has 3 aromatic rings. The number of aromatic nitrogens is 1. The molecule has 1 saturated heterocycles. The number of aryl methyl sites for hydroxylation is 1. The molecule has 1 aliphatic heterocycles. The number of carbonyl (C=O) groups is 3. The summed E-state index contributed by atoms with van der Waals surface area (Å²) >= 11 is 0. The highest BCUT2D eigenvalue weighted by Gasteiger charge is 2.76. The van der Waals surface area contributed by atoms with Crippen LogP contribution in [0.1, 0.15) is 139 Å². The summed E-state index contributed by atoms with van der Waals surface area (Å²) in [5.74, 6) is -1.13. The van der Waals surface area contributed by atoms with Crippen LogP contribution in [0.2, 0.25) is 0 Å². The predicted molar refractivity (Wildman–Crippen MR) is 289 cm³/mol. The molecule has 0 radical (unpaired) electrons. The van der Waals surface area contributed by atoms with Crippen molar-refractivity contribution < 1.29 is 79.4 Å². The number of Topliss-reactive ketones (excluding diaryl/α,β-unsaturated/α-hetero) is 1. The normalized spacial score (nSPS) is 28.9. The molecule has 4 saturated carbocycles. The number of esters is 1. The highest BCUT2D eigenvalue weighted by atomic mass is 35.5. The van der Waals surface area contributed by atoms with Gasteiger partial charge in [0.2, 0.25) is 5.78 Å². The van der Waals surface area contributed by atoms with Crippen LogP contribution in [0.25, 0.3) is 6.08 Å². The summed E-state index contributed by atoms with van der Waals surface area (Å²) in [5.41, 5.74) is 1.26. The molecule has 5 aliphatic carbocycles. The molecule has 1 aromatic heterocycles. The van der Waals surface area contributed by atoms with Crippen LogP contribution in [-0.4, -0.2) is 94.5 Å². The van der Waals surface area contributed by atoms with Crippen LogP contribution in [0.15, 0.2) is 103 Å². The topological polar surface area (TPSA) is 211 Å². The molecule has 2 aromatic carbocycles. The number of hydrogen-bond donors (Lipinski definition) is 5. The van der Waals surface area contributed by atoms with Gasteiger partial charge < -0.3 is 51.4 Å². The number of nitrogens with one attached hydrogen (secondary N) is 1. The number of nitrogens with zero attached hydrogens (tertiary/aromatic N) is 1. The van der Waals surface area contributed by atoms with Crippen molar-refractivity contribution in [1.29, 1.82) is 0 Å². The number of benzene rings is 2. The third kappa shape index (κ3) is 13.7. The van der Waals surface area contributed by atoms with Crippen molar-refractivity contribution in [3.63, 3.8) is 0 Å². The predicted octanol–water partition coefficient (Wildman–Crippen LogP) is 5.80. The average molecular weight is 1120 g/mol. The molecule has 0 spiro atoms. The molecule has 9 rings (SSSR count). The number of halogens is 1. The summed E-state index contributed by atoms with van der Waals surface area (Å²) in [6.07, 6.45) is 23.7. The first kappa shape index (κ1) is 59.7. The van der Waals surface area contributed by atoms with E-state index in [4.69, 9.17) is 23.5 Å². The molecular weight excluding hydrogens is 1040 g/mol. The molecule has 10 atom stereocenters. The van der Waals surface area contributed by atoms with Crippen LogP contribution in [0.4, 0.5) is 0 Å². The molecule has 5 fully saturated rings. The molecule has 17 heteroatoms. The Labute approximate surface area is 465 Å². The van der Waals surface area contributed by atoms with Gasteiger partial charge in [-0.05, 0) is 137 Å². The van der Waals surface area contributed by atoms with Gasteiger partial charge in [-0.2, -0.15) is 0 Å². The summed E-state index contributed by atoms with van der Waals surface area (Å²) < 4.78 is 44.2. The van der Waals surface area contributed by atoms with Crippen molar-refractivity contribution in [2.24, 2.45) is 34.5 Å². The lowest BCUT2D eigenvalue weighted by molar-refractivity contribution is -0.688. The standard InChI is InChI=1S/C61H79N2O13P.ClH/c1-59-29-28-48(64)35-47(59)24-25-49-50-36-55-61(60(50,2)37-51(65)57(49)59,75-58(74-55)44-20-9-6-10-21-44)54(67)41-73-56(68)27-22-43-19-15-31-63(39-43)40-46-34-45(23-26-53(46)76-77(69,70)71)52(66)38-62-30-12-3-4-13-32-72-33-14-11-18-42-16-7-5-8-17-42;/h5,7-8,15-17,19,22-23,26-29,31,34-35,39,44,49-52,55,57-58,62,65-66H,3-4,6,9-14,18,20-21,24-25,30,32-33,36-38,40-41H2,1-2H3,(H-,69,70,71);1H/b27-22+;/t49-,50-,51-,52?,55+,57+,58+,59-,60-,61+;/m0./s1. The second-order valence-electron chi connectivity index (χ2n) is 23.0. The maximum atomic E-state index is 15.0. The Morgan fingerprint density at radius 2 is 1.73 bits per heavy atom. The molecule has 0 amide bonds. The number of hydrogen-bond acceptors (Lipinski definition) is 12. The van der Waals surface area contributed by atoms with Crippen LogP contribution in [-0.2, 0) is 50.9 Å². The Hall–Kier alpha value is -4.38. The van der Waals surface area contributed by atoms with E-state index < -0.39 is 61.4 Å². The molecule has 2 heterocycles. The largest absolute Gasteiger partial charge is 1.00 e. The average Bonchev–Trinajstić information content (AvgIpc) is 4.09. The summed E-state index contributed by atoms with van der Waals surface area (Å²) in [5, 5.41) is 26.7. The lowest BCUT2D eigenvalue weighted by Crippen LogP contribution is -3.00. The molecule has 5 N–H and O–H groups in total. The maximum absolute atomic E-state index is 15.0. The number of phosphoric ester groups is 1. The second-order valence-corrected chi connectivity index (χ2v) is 24.2. The van der Waals surface area contributed by atoms with E-state index in [0.717, 1.165) is 115 Å². The third-order valence-electron chi connectivity index (χ3n) is 18.0. The van der Waals surface area contributed by atoms with E-state index in [1.807, 2.05) is 12.1 Å². The minimum atomic E-state index is -4.93. The zero-order valence-corrected chi connectivity index (χ0v) is 46.9. The number of ether oxygens (including phenoxy) is 4. The first-order chi connectivity index (χ1) is 37.1. The van der Waals surface area contributed by atoms with Crippen molar-refractivity contribution in [3.8, 4) is 5.75 Å². The summed E-state index contributed by atoms with van der Waals surface area (Å²) in [4.78, 5) is 60.4. The molecule has 0 bridgehead atoms. The number of allylic oxidation sites excluding steroid dienone is 4. The Bertz CT molecular complexity index is 2690. The lowest BCUT2D eigenvalue weighted by atomic mass is 9.46. The molecular formula is C61H80ClN2O13P.